The van der Waals surface area contributed by atoms with Crippen molar-refractivity contribution in [2.24, 2.45) is 11.8 Å². The fraction of sp³-hybridized carbons (Fsp3) is 0.533. The molecule has 0 saturated carbocycles. The number of benzene rings is 2. The molecule has 0 aliphatic carbocycles. The summed E-state index contributed by atoms with van der Waals surface area (Å²) in [5, 5.41) is 25.6. The van der Waals surface area contributed by atoms with E-state index in [9.17, 15) is 8.78 Å². The average molecular weight is 579 g/mol. The summed E-state index contributed by atoms with van der Waals surface area (Å²) in [4.78, 5) is 4.97. The number of rotatable bonds is 12. The van der Waals surface area contributed by atoms with Gasteiger partial charge in [-0.2, -0.15) is 0 Å². The van der Waals surface area contributed by atoms with Gasteiger partial charge in [-0.1, -0.05) is 52.0 Å². The first-order valence-electron chi connectivity index (χ1n) is 14.8. The van der Waals surface area contributed by atoms with Crippen LogP contribution in [0.4, 0.5) is 8.78 Å². The van der Waals surface area contributed by atoms with Crippen molar-refractivity contribution in [3.8, 4) is 0 Å². The van der Waals surface area contributed by atoms with Crippen LogP contribution in [0.5, 0.6) is 0 Å². The van der Waals surface area contributed by atoms with Crippen molar-refractivity contribution in [3.05, 3.63) is 82.9 Å². The summed E-state index contributed by atoms with van der Waals surface area (Å²) in [6, 6.07) is 13.1. The summed E-state index contributed by atoms with van der Waals surface area (Å²) in [6.07, 6.45) is 1.85. The maximum Gasteiger partial charge on any atom is 0.168 e. The zero-order chi connectivity index (χ0) is 29.6. The molecule has 0 N–H and O–H groups in total. The van der Waals surface area contributed by atoms with E-state index >= 15 is 0 Å². The van der Waals surface area contributed by atoms with Crippen LogP contribution in [0.15, 0.2) is 48.5 Å². The zero-order valence-corrected chi connectivity index (χ0v) is 24.8. The van der Waals surface area contributed by atoms with Crippen LogP contribution >= 0.6 is 0 Å². The van der Waals surface area contributed by atoms with Gasteiger partial charge in [0, 0.05) is 26.2 Å². The van der Waals surface area contributed by atoms with E-state index in [4.69, 9.17) is 0 Å². The highest BCUT2D eigenvalue weighted by Gasteiger charge is 2.34. The van der Waals surface area contributed by atoms with Gasteiger partial charge in [0.25, 0.3) is 0 Å². The number of tetrazole rings is 2. The molecule has 0 spiro atoms. The zero-order valence-electron chi connectivity index (χ0n) is 24.8. The van der Waals surface area contributed by atoms with Gasteiger partial charge in [-0.15, -0.1) is 10.2 Å². The van der Waals surface area contributed by atoms with Gasteiger partial charge in [-0.05, 0) is 80.9 Å². The van der Waals surface area contributed by atoms with E-state index in [1.54, 1.807) is 24.3 Å². The Morgan fingerprint density at radius 2 is 0.952 bits per heavy atom. The molecule has 0 radical (unpaired) electrons. The Balaban J connectivity index is 1.31. The lowest BCUT2D eigenvalue weighted by atomic mass is 9.98. The van der Waals surface area contributed by atoms with Gasteiger partial charge >= 0.3 is 0 Å². The average Bonchev–Trinajstić information content (AvgIpc) is 3.62. The van der Waals surface area contributed by atoms with Crippen molar-refractivity contribution in [1.29, 1.82) is 0 Å². The normalized spacial score (nSPS) is 16.4. The van der Waals surface area contributed by atoms with Crippen LogP contribution in [0, 0.1) is 23.5 Å². The Morgan fingerprint density at radius 3 is 1.29 bits per heavy atom. The third kappa shape index (κ3) is 7.40. The smallest absolute Gasteiger partial charge is 0.168 e. The van der Waals surface area contributed by atoms with Gasteiger partial charge in [0.05, 0.1) is 25.2 Å². The second kappa shape index (κ2) is 13.6. The summed E-state index contributed by atoms with van der Waals surface area (Å²) >= 11 is 0. The van der Waals surface area contributed by atoms with Crippen molar-refractivity contribution >= 4 is 0 Å². The molecule has 5 rings (SSSR count). The predicted molar refractivity (Wildman–Crippen MR) is 154 cm³/mol. The Hall–Kier alpha value is -3.64. The van der Waals surface area contributed by atoms with Crippen molar-refractivity contribution in [1.82, 2.24) is 50.2 Å². The van der Waals surface area contributed by atoms with E-state index in [1.165, 1.54) is 24.3 Å². The second-order valence-corrected chi connectivity index (χ2v) is 12.0. The molecule has 12 heteroatoms. The van der Waals surface area contributed by atoms with E-state index in [-0.39, 0.29) is 23.7 Å². The molecule has 224 valence electrons. The SMILES string of the molecule is CC(C)C[C@@H](c1nnnn1Cc1ccc(F)cc1)N1CCN([C@@H](CC(C)C)c2nnnn2Cc2ccc(F)cc2)CC1. The summed E-state index contributed by atoms with van der Waals surface area (Å²) in [6.45, 7) is 13.3. The van der Waals surface area contributed by atoms with Gasteiger partial charge in [0.1, 0.15) is 11.6 Å². The maximum atomic E-state index is 13.5. The van der Waals surface area contributed by atoms with E-state index in [1.807, 2.05) is 9.36 Å². The highest BCUT2D eigenvalue weighted by Crippen LogP contribution is 2.32. The quantitative estimate of drug-likeness (QED) is 0.242. The molecule has 1 fully saturated rings. The third-order valence-corrected chi connectivity index (χ3v) is 7.83. The molecule has 0 amide bonds. The molecule has 4 aromatic rings. The first kappa shape index (κ1) is 29.8. The third-order valence-electron chi connectivity index (χ3n) is 7.83. The Bertz CT molecular complexity index is 1280. The molecule has 42 heavy (non-hydrogen) atoms. The Morgan fingerprint density at radius 1 is 0.595 bits per heavy atom. The fourth-order valence-electron chi connectivity index (χ4n) is 5.74. The lowest BCUT2D eigenvalue weighted by Crippen LogP contribution is -2.50. The van der Waals surface area contributed by atoms with Gasteiger partial charge in [-0.3, -0.25) is 9.80 Å². The Labute approximate surface area is 245 Å². The minimum atomic E-state index is -0.258. The van der Waals surface area contributed by atoms with Crippen LogP contribution in [0.3, 0.4) is 0 Å². The minimum absolute atomic E-state index is 0.0648. The number of halogens is 2. The van der Waals surface area contributed by atoms with Gasteiger partial charge in [0.15, 0.2) is 11.6 Å². The second-order valence-electron chi connectivity index (χ2n) is 12.0. The fourth-order valence-corrected chi connectivity index (χ4v) is 5.74. The maximum absolute atomic E-state index is 13.5. The standard InChI is InChI=1S/C30H40F2N10/c1-21(2)17-27(29-33-35-37-41(29)19-23-5-9-25(31)10-6-23)39-13-15-40(16-14-39)28(18-22(3)4)30-34-36-38-42(30)20-24-7-11-26(32)12-8-24/h5-12,21-22,27-28H,13-20H2,1-4H3/t27-,28-/m0/s1. The molecular formula is C30H40F2N10. The molecule has 0 bridgehead atoms. The summed E-state index contributed by atoms with van der Waals surface area (Å²) in [5.41, 5.74) is 1.90. The number of hydrogen-bond donors (Lipinski definition) is 0. The number of nitrogens with zero attached hydrogens (tertiary/aromatic N) is 10. The number of piperazine rings is 1. The first-order valence-corrected chi connectivity index (χ1v) is 14.8. The van der Waals surface area contributed by atoms with Crippen molar-refractivity contribution in [2.45, 2.75) is 65.7 Å². The van der Waals surface area contributed by atoms with Crippen molar-refractivity contribution in [3.63, 3.8) is 0 Å². The Kier molecular flexibility index (Phi) is 9.63. The number of aromatic nitrogens is 8. The molecule has 0 unspecified atom stereocenters. The van der Waals surface area contributed by atoms with Crippen LogP contribution in [0.2, 0.25) is 0 Å². The summed E-state index contributed by atoms with van der Waals surface area (Å²) in [5.74, 6) is 2.06. The van der Waals surface area contributed by atoms with Gasteiger partial charge in [0.2, 0.25) is 0 Å². The monoisotopic (exact) mass is 578 g/mol. The predicted octanol–water partition coefficient (Wildman–Crippen LogP) is 4.53. The van der Waals surface area contributed by atoms with E-state index in [0.29, 0.717) is 24.9 Å². The molecule has 1 aliphatic heterocycles. The lowest BCUT2D eigenvalue weighted by molar-refractivity contribution is 0.0475. The van der Waals surface area contributed by atoms with Crippen LogP contribution in [0.1, 0.15) is 75.4 Å². The van der Waals surface area contributed by atoms with Crippen LogP contribution in [-0.2, 0) is 13.1 Å². The van der Waals surface area contributed by atoms with Gasteiger partial charge < -0.3 is 0 Å². The molecule has 3 heterocycles. The molecule has 1 saturated heterocycles. The molecule has 2 aromatic heterocycles. The van der Waals surface area contributed by atoms with E-state index < -0.39 is 0 Å². The summed E-state index contributed by atoms with van der Waals surface area (Å²) in [7, 11) is 0. The highest BCUT2D eigenvalue weighted by atomic mass is 19.1. The van der Waals surface area contributed by atoms with Crippen molar-refractivity contribution < 1.29 is 8.78 Å². The van der Waals surface area contributed by atoms with E-state index in [0.717, 1.165) is 61.8 Å². The lowest BCUT2D eigenvalue weighted by Gasteiger charge is -2.42. The first-order chi connectivity index (χ1) is 20.3. The molecule has 10 nitrogen and oxygen atoms in total. The minimum Gasteiger partial charge on any atom is -0.291 e. The number of hydrogen-bond acceptors (Lipinski definition) is 8. The molecule has 1 aliphatic rings. The highest BCUT2D eigenvalue weighted by molar-refractivity contribution is 5.17. The summed E-state index contributed by atoms with van der Waals surface area (Å²) < 4.78 is 30.6. The topological polar surface area (TPSA) is 93.7 Å². The molecular weight excluding hydrogens is 538 g/mol. The van der Waals surface area contributed by atoms with Gasteiger partial charge in [-0.25, -0.2) is 18.1 Å². The molecule has 2 atom stereocenters. The van der Waals surface area contributed by atoms with Crippen LogP contribution in [0.25, 0.3) is 0 Å². The van der Waals surface area contributed by atoms with Crippen LogP contribution in [-0.4, -0.2) is 76.4 Å². The van der Waals surface area contributed by atoms with Crippen LogP contribution < -0.4 is 0 Å². The van der Waals surface area contributed by atoms with Crippen molar-refractivity contribution in [2.75, 3.05) is 26.2 Å². The van der Waals surface area contributed by atoms with E-state index in [2.05, 4.69) is 68.5 Å². The largest absolute Gasteiger partial charge is 0.291 e. The molecule has 2 aromatic carbocycles.